The maximum atomic E-state index is 6.03. The second kappa shape index (κ2) is 8.21. The zero-order chi connectivity index (χ0) is 23.6. The number of nitrogens with zero attached hydrogens (tertiary/aromatic N) is 3. The Morgan fingerprint density at radius 1 is 0.943 bits per heavy atom. The van der Waals surface area contributed by atoms with Gasteiger partial charge in [-0.2, -0.15) is 0 Å². The summed E-state index contributed by atoms with van der Waals surface area (Å²) in [4.78, 5) is 7.31. The molecule has 4 aliphatic rings. The van der Waals surface area contributed by atoms with E-state index in [4.69, 9.17) is 14.7 Å². The van der Waals surface area contributed by atoms with E-state index in [0.717, 1.165) is 24.3 Å². The third-order valence-corrected chi connectivity index (χ3v) is 9.28. The molecule has 1 aliphatic heterocycles. The van der Waals surface area contributed by atoms with E-state index in [1.165, 1.54) is 97.9 Å². The zero-order valence-electron chi connectivity index (χ0n) is 21.3. The highest BCUT2D eigenvalue weighted by atomic mass is 16.5. The molecule has 3 aliphatic carbocycles. The first-order valence-electron chi connectivity index (χ1n) is 13.9. The quantitative estimate of drug-likeness (QED) is 0.392. The van der Waals surface area contributed by atoms with Gasteiger partial charge in [-0.05, 0) is 99.6 Å². The summed E-state index contributed by atoms with van der Waals surface area (Å²) in [5.74, 6) is 2.46. The van der Waals surface area contributed by atoms with Crippen LogP contribution < -0.4 is 4.90 Å². The van der Waals surface area contributed by atoms with Crippen molar-refractivity contribution in [3.05, 3.63) is 58.6 Å². The van der Waals surface area contributed by atoms with Crippen LogP contribution in [0.4, 0.5) is 5.69 Å². The van der Waals surface area contributed by atoms with Crippen LogP contribution in [0.5, 0.6) is 0 Å². The summed E-state index contributed by atoms with van der Waals surface area (Å²) in [6.45, 7) is 6.54. The molecule has 3 aromatic rings. The topological polar surface area (TPSA) is 42.2 Å². The number of aryl methyl sites for hydroxylation is 2. The summed E-state index contributed by atoms with van der Waals surface area (Å²) in [6, 6.07) is 9.02. The van der Waals surface area contributed by atoms with Crippen molar-refractivity contribution in [2.75, 3.05) is 18.0 Å². The molecule has 4 heteroatoms. The fourth-order valence-corrected chi connectivity index (χ4v) is 7.08. The molecular formula is C31H37N3O. The van der Waals surface area contributed by atoms with Crippen molar-refractivity contribution >= 4 is 22.2 Å². The highest BCUT2D eigenvalue weighted by molar-refractivity contribution is 5.86. The predicted molar refractivity (Wildman–Crippen MR) is 142 cm³/mol. The molecule has 0 amide bonds. The van der Waals surface area contributed by atoms with Crippen molar-refractivity contribution in [1.82, 2.24) is 10.1 Å². The van der Waals surface area contributed by atoms with Crippen molar-refractivity contribution in [2.45, 2.75) is 89.9 Å². The lowest BCUT2D eigenvalue weighted by molar-refractivity contribution is 0.277. The largest absolute Gasteiger partial charge is 0.371 e. The van der Waals surface area contributed by atoms with Crippen molar-refractivity contribution in [2.24, 2.45) is 5.41 Å². The molecule has 1 saturated heterocycles. The molecule has 7 rings (SSSR count). The van der Waals surface area contributed by atoms with Crippen LogP contribution in [0.3, 0.4) is 0 Å². The lowest BCUT2D eigenvalue weighted by Gasteiger charge is -2.47. The molecule has 4 nitrogen and oxygen atoms in total. The van der Waals surface area contributed by atoms with Gasteiger partial charge in [-0.3, -0.25) is 4.98 Å². The van der Waals surface area contributed by atoms with Crippen LogP contribution in [0.2, 0.25) is 0 Å². The van der Waals surface area contributed by atoms with Crippen LogP contribution >= 0.6 is 0 Å². The fourth-order valence-electron chi connectivity index (χ4n) is 7.08. The van der Waals surface area contributed by atoms with Gasteiger partial charge in [0, 0.05) is 47.3 Å². The smallest absolute Gasteiger partial charge is 0.147 e. The van der Waals surface area contributed by atoms with Crippen LogP contribution in [0, 0.1) is 19.3 Å². The number of hydrogen-bond acceptors (Lipinski definition) is 4. The van der Waals surface area contributed by atoms with Crippen LogP contribution in [0.25, 0.3) is 16.5 Å². The number of fused-ring (bicyclic) bond motifs is 1. The molecule has 2 saturated carbocycles. The van der Waals surface area contributed by atoms with Gasteiger partial charge in [0.1, 0.15) is 5.76 Å². The van der Waals surface area contributed by atoms with Gasteiger partial charge in [0.15, 0.2) is 0 Å². The average molecular weight is 468 g/mol. The molecule has 0 radical (unpaired) electrons. The number of hydrogen-bond donors (Lipinski definition) is 0. The lowest BCUT2D eigenvalue weighted by Crippen LogP contribution is -2.42. The number of benzene rings is 1. The van der Waals surface area contributed by atoms with Crippen molar-refractivity contribution in [3.63, 3.8) is 0 Å². The standard InChI is InChI=1S/C31H37N3O/c1-20-16-21(2)32-27-11-10-25(17-26(20)27)34-14-12-31(13-15-34)18-24(19-31)28-29(22-6-4-3-5-7-22)33-35-30(28)23-8-9-23/h10-11,16-18,22-23H,3-9,12-15,19H2,1-2H3. The van der Waals surface area contributed by atoms with E-state index in [-0.39, 0.29) is 0 Å². The Bertz CT molecular complexity index is 1300. The Balaban J connectivity index is 1.10. The Hall–Kier alpha value is -2.62. The van der Waals surface area contributed by atoms with Gasteiger partial charge >= 0.3 is 0 Å². The maximum Gasteiger partial charge on any atom is 0.147 e. The fraction of sp³-hybridized carbons (Fsp3) is 0.548. The first-order valence-corrected chi connectivity index (χ1v) is 13.9. The second-order valence-corrected chi connectivity index (χ2v) is 11.9. The molecule has 3 fully saturated rings. The van der Waals surface area contributed by atoms with Gasteiger partial charge in [-0.15, -0.1) is 0 Å². The van der Waals surface area contributed by atoms with Gasteiger partial charge in [-0.1, -0.05) is 30.5 Å². The molecule has 1 spiro atoms. The summed E-state index contributed by atoms with van der Waals surface area (Å²) in [5, 5.41) is 5.98. The molecule has 0 unspecified atom stereocenters. The van der Waals surface area contributed by atoms with E-state index in [2.05, 4.69) is 49.1 Å². The Morgan fingerprint density at radius 3 is 2.46 bits per heavy atom. The highest BCUT2D eigenvalue weighted by Crippen LogP contribution is 2.56. The molecule has 182 valence electrons. The number of piperidine rings is 1. The zero-order valence-corrected chi connectivity index (χ0v) is 21.3. The van der Waals surface area contributed by atoms with Gasteiger partial charge in [0.2, 0.25) is 0 Å². The number of rotatable bonds is 4. The Kier molecular flexibility index (Phi) is 5.08. The molecule has 1 aromatic carbocycles. The van der Waals surface area contributed by atoms with E-state index in [9.17, 15) is 0 Å². The van der Waals surface area contributed by atoms with Crippen molar-refractivity contribution < 1.29 is 4.52 Å². The Labute approximate surface area is 208 Å². The molecule has 2 aromatic heterocycles. The molecular weight excluding hydrogens is 430 g/mol. The summed E-state index contributed by atoms with van der Waals surface area (Å²) in [7, 11) is 0. The number of allylic oxidation sites excluding steroid dienone is 2. The molecule has 0 N–H and O–H groups in total. The second-order valence-electron chi connectivity index (χ2n) is 11.9. The van der Waals surface area contributed by atoms with E-state index in [1.54, 1.807) is 5.57 Å². The number of pyridine rings is 1. The third-order valence-electron chi connectivity index (χ3n) is 9.28. The number of anilines is 1. The minimum absolute atomic E-state index is 0.374. The normalized spacial score (nSPS) is 22.5. The highest BCUT2D eigenvalue weighted by Gasteiger charge is 2.44. The van der Waals surface area contributed by atoms with Crippen LogP contribution in [-0.2, 0) is 0 Å². The van der Waals surface area contributed by atoms with E-state index < -0.39 is 0 Å². The van der Waals surface area contributed by atoms with Gasteiger partial charge < -0.3 is 9.42 Å². The SMILES string of the molecule is Cc1cc(C)c2cc(N3CCC4(C=C(c5c(C6CCCCC6)noc5C5CC5)C4)CC3)ccc2n1. The van der Waals surface area contributed by atoms with Crippen molar-refractivity contribution in [1.29, 1.82) is 0 Å². The van der Waals surface area contributed by atoms with E-state index in [1.807, 2.05) is 0 Å². The predicted octanol–water partition coefficient (Wildman–Crippen LogP) is 7.84. The monoisotopic (exact) mass is 467 g/mol. The minimum Gasteiger partial charge on any atom is -0.371 e. The number of aromatic nitrogens is 2. The first-order chi connectivity index (χ1) is 17.1. The molecule has 3 heterocycles. The van der Waals surface area contributed by atoms with Gasteiger partial charge in [0.05, 0.1) is 11.2 Å². The van der Waals surface area contributed by atoms with E-state index >= 15 is 0 Å². The molecule has 0 bridgehead atoms. The van der Waals surface area contributed by atoms with Crippen LogP contribution in [-0.4, -0.2) is 23.2 Å². The maximum absolute atomic E-state index is 6.03. The average Bonchev–Trinajstić information content (AvgIpc) is 3.61. The summed E-state index contributed by atoms with van der Waals surface area (Å²) < 4.78 is 6.03. The first kappa shape index (κ1) is 21.6. The van der Waals surface area contributed by atoms with Gasteiger partial charge in [-0.25, -0.2) is 0 Å². The van der Waals surface area contributed by atoms with Crippen LogP contribution in [0.15, 0.2) is 34.9 Å². The van der Waals surface area contributed by atoms with Gasteiger partial charge in [0.25, 0.3) is 0 Å². The van der Waals surface area contributed by atoms with E-state index in [0.29, 0.717) is 17.3 Å². The molecule has 0 atom stereocenters. The van der Waals surface area contributed by atoms with Crippen LogP contribution in [0.1, 0.15) is 104 Å². The lowest BCUT2D eigenvalue weighted by atomic mass is 9.63. The summed E-state index contributed by atoms with van der Waals surface area (Å²) in [5.41, 5.74) is 9.55. The molecule has 35 heavy (non-hydrogen) atoms. The van der Waals surface area contributed by atoms with Crippen molar-refractivity contribution in [3.8, 4) is 0 Å². The Morgan fingerprint density at radius 2 is 1.71 bits per heavy atom. The minimum atomic E-state index is 0.374. The summed E-state index contributed by atoms with van der Waals surface area (Å²) >= 11 is 0. The summed E-state index contributed by atoms with van der Waals surface area (Å²) in [6.07, 6.45) is 15.5. The third kappa shape index (κ3) is 3.80.